The molecule has 0 spiro atoms. The highest BCUT2D eigenvalue weighted by Crippen LogP contribution is 2.30. The van der Waals surface area contributed by atoms with Gasteiger partial charge in [0.15, 0.2) is 5.82 Å². The molecule has 0 aliphatic carbocycles. The average molecular weight is 457 g/mol. The maximum atomic E-state index is 5.26. The molecule has 7 nitrogen and oxygen atoms in total. The third-order valence-corrected chi connectivity index (χ3v) is 6.09. The molecule has 1 aromatic heterocycles. The van der Waals surface area contributed by atoms with Gasteiger partial charge in [-0.25, -0.2) is 4.68 Å². The fourth-order valence-corrected chi connectivity index (χ4v) is 4.30. The number of piperazine rings is 1. The Kier molecular flexibility index (Phi) is 8.23. The summed E-state index contributed by atoms with van der Waals surface area (Å²) in [5.74, 6) is 0.876. The third kappa shape index (κ3) is 5.28. The maximum Gasteiger partial charge on any atom is 0.173 e. The summed E-state index contributed by atoms with van der Waals surface area (Å²) in [5, 5.41) is 12.7. The van der Waals surface area contributed by atoms with E-state index in [0.717, 1.165) is 32.0 Å². The van der Waals surface area contributed by atoms with Crippen molar-refractivity contribution < 1.29 is 4.74 Å². The van der Waals surface area contributed by atoms with Crippen molar-refractivity contribution in [1.82, 2.24) is 25.1 Å². The number of rotatable bonds is 7. The highest BCUT2D eigenvalue weighted by Gasteiger charge is 2.31. The third-order valence-electron chi connectivity index (χ3n) is 6.09. The number of methoxy groups -OCH3 is 1. The van der Waals surface area contributed by atoms with Gasteiger partial charge in [-0.3, -0.25) is 4.90 Å². The first-order valence-electron chi connectivity index (χ1n) is 10.9. The molecular weight excluding hydrogens is 424 g/mol. The molecule has 1 saturated heterocycles. The van der Waals surface area contributed by atoms with E-state index in [0.29, 0.717) is 13.2 Å². The number of aromatic nitrogens is 4. The van der Waals surface area contributed by atoms with Crippen LogP contribution in [-0.4, -0.2) is 65.0 Å². The number of halogens is 1. The molecule has 172 valence electrons. The van der Waals surface area contributed by atoms with Crippen LogP contribution in [0.4, 0.5) is 5.69 Å². The van der Waals surface area contributed by atoms with Crippen LogP contribution in [-0.2, 0) is 11.3 Å². The molecule has 8 heteroatoms. The van der Waals surface area contributed by atoms with E-state index in [1.54, 1.807) is 7.11 Å². The smallest absolute Gasteiger partial charge is 0.173 e. The molecule has 1 unspecified atom stereocenters. The Bertz CT molecular complexity index is 998. The maximum absolute atomic E-state index is 5.26. The molecule has 1 fully saturated rings. The molecule has 0 bridgehead atoms. The molecule has 0 N–H and O–H groups in total. The van der Waals surface area contributed by atoms with E-state index in [-0.39, 0.29) is 18.4 Å². The second-order valence-electron chi connectivity index (χ2n) is 8.38. The van der Waals surface area contributed by atoms with Crippen molar-refractivity contribution in [1.29, 1.82) is 0 Å². The minimum Gasteiger partial charge on any atom is -0.383 e. The Morgan fingerprint density at radius 3 is 2.31 bits per heavy atom. The molecule has 1 aliphatic heterocycles. The molecule has 0 radical (unpaired) electrons. The predicted octanol–water partition coefficient (Wildman–Crippen LogP) is 3.58. The van der Waals surface area contributed by atoms with Crippen molar-refractivity contribution in [3.05, 3.63) is 70.5 Å². The molecule has 1 atom stereocenters. The monoisotopic (exact) mass is 456 g/mol. The minimum absolute atomic E-state index is 0. The number of hydrogen-bond acceptors (Lipinski definition) is 6. The normalized spacial score (nSPS) is 15.4. The van der Waals surface area contributed by atoms with Gasteiger partial charge in [0.05, 0.1) is 19.2 Å². The van der Waals surface area contributed by atoms with Crippen molar-refractivity contribution in [3.8, 4) is 0 Å². The number of ether oxygens (including phenoxy) is 1. The van der Waals surface area contributed by atoms with E-state index in [9.17, 15) is 0 Å². The highest BCUT2D eigenvalue weighted by molar-refractivity contribution is 5.85. The Hall–Kier alpha value is -2.48. The van der Waals surface area contributed by atoms with Crippen LogP contribution in [0.5, 0.6) is 0 Å². The predicted molar refractivity (Wildman–Crippen MR) is 130 cm³/mol. The van der Waals surface area contributed by atoms with Gasteiger partial charge in [-0.2, -0.15) is 0 Å². The van der Waals surface area contributed by atoms with E-state index >= 15 is 0 Å². The number of benzene rings is 2. The first-order valence-corrected chi connectivity index (χ1v) is 10.9. The number of tetrazole rings is 1. The molecule has 2 heterocycles. The zero-order valence-electron chi connectivity index (χ0n) is 19.4. The summed E-state index contributed by atoms with van der Waals surface area (Å²) in [6.45, 7) is 11.5. The van der Waals surface area contributed by atoms with Gasteiger partial charge in [-0.15, -0.1) is 17.5 Å². The summed E-state index contributed by atoms with van der Waals surface area (Å²) in [7, 11) is 1.70. The quantitative estimate of drug-likeness (QED) is 0.541. The lowest BCUT2D eigenvalue weighted by Crippen LogP contribution is -2.48. The van der Waals surface area contributed by atoms with Gasteiger partial charge in [0.25, 0.3) is 0 Å². The summed E-state index contributed by atoms with van der Waals surface area (Å²) < 4.78 is 7.14. The van der Waals surface area contributed by atoms with Gasteiger partial charge >= 0.3 is 0 Å². The highest BCUT2D eigenvalue weighted by atomic mass is 35.5. The molecule has 0 amide bonds. The average Bonchev–Trinajstić information content (AvgIpc) is 3.24. The van der Waals surface area contributed by atoms with Gasteiger partial charge < -0.3 is 9.64 Å². The van der Waals surface area contributed by atoms with Crippen molar-refractivity contribution in [3.63, 3.8) is 0 Å². The van der Waals surface area contributed by atoms with Gasteiger partial charge in [-0.05, 0) is 54.0 Å². The zero-order chi connectivity index (χ0) is 21.8. The van der Waals surface area contributed by atoms with Crippen LogP contribution in [0.3, 0.4) is 0 Å². The first-order chi connectivity index (χ1) is 15.1. The zero-order valence-corrected chi connectivity index (χ0v) is 20.2. The lowest BCUT2D eigenvalue weighted by molar-refractivity contribution is 0.171. The Morgan fingerprint density at radius 1 is 0.938 bits per heavy atom. The summed E-state index contributed by atoms with van der Waals surface area (Å²) in [5.41, 5.74) is 6.45. The molecule has 32 heavy (non-hydrogen) atoms. The molecular formula is C24H33ClN6O. The van der Waals surface area contributed by atoms with Crippen molar-refractivity contribution in [2.45, 2.75) is 33.4 Å². The topological polar surface area (TPSA) is 59.3 Å². The first kappa shape index (κ1) is 24.2. The van der Waals surface area contributed by atoms with Gasteiger partial charge in [0.1, 0.15) is 0 Å². The van der Waals surface area contributed by atoms with Crippen LogP contribution >= 0.6 is 12.4 Å². The Labute approximate surface area is 196 Å². The second-order valence-corrected chi connectivity index (χ2v) is 8.38. The largest absolute Gasteiger partial charge is 0.383 e. The van der Waals surface area contributed by atoms with E-state index in [1.807, 2.05) is 4.68 Å². The van der Waals surface area contributed by atoms with E-state index in [1.165, 1.54) is 27.9 Å². The van der Waals surface area contributed by atoms with E-state index in [2.05, 4.69) is 88.6 Å². The van der Waals surface area contributed by atoms with Crippen LogP contribution in [0.2, 0.25) is 0 Å². The fourth-order valence-electron chi connectivity index (χ4n) is 4.30. The second kappa shape index (κ2) is 10.9. The van der Waals surface area contributed by atoms with Crippen molar-refractivity contribution in [2.75, 3.05) is 44.8 Å². The minimum atomic E-state index is 0. The van der Waals surface area contributed by atoms with Crippen LogP contribution in [0.1, 0.15) is 34.1 Å². The molecule has 2 aromatic carbocycles. The number of aryl methyl sites for hydroxylation is 3. The van der Waals surface area contributed by atoms with Gasteiger partial charge in [0.2, 0.25) is 0 Å². The molecule has 0 saturated carbocycles. The van der Waals surface area contributed by atoms with E-state index in [4.69, 9.17) is 4.74 Å². The summed E-state index contributed by atoms with van der Waals surface area (Å²) in [6.07, 6.45) is 0. The summed E-state index contributed by atoms with van der Waals surface area (Å²) >= 11 is 0. The Morgan fingerprint density at radius 2 is 1.62 bits per heavy atom. The molecule has 4 rings (SSSR count). The van der Waals surface area contributed by atoms with Gasteiger partial charge in [0, 0.05) is 39.0 Å². The molecule has 3 aromatic rings. The van der Waals surface area contributed by atoms with Crippen LogP contribution in [0.25, 0.3) is 0 Å². The van der Waals surface area contributed by atoms with E-state index < -0.39 is 0 Å². The van der Waals surface area contributed by atoms with Crippen LogP contribution < -0.4 is 4.90 Å². The number of hydrogen-bond donors (Lipinski definition) is 0. The van der Waals surface area contributed by atoms with Crippen molar-refractivity contribution >= 4 is 18.1 Å². The number of anilines is 1. The van der Waals surface area contributed by atoms with Gasteiger partial charge in [-0.1, -0.05) is 42.0 Å². The van der Waals surface area contributed by atoms with Crippen molar-refractivity contribution in [2.24, 2.45) is 0 Å². The Balaban J connectivity index is 0.00000289. The molecule has 1 aliphatic rings. The van der Waals surface area contributed by atoms with Crippen LogP contribution in [0, 0.1) is 20.8 Å². The summed E-state index contributed by atoms with van der Waals surface area (Å²) in [6, 6.07) is 15.5. The summed E-state index contributed by atoms with van der Waals surface area (Å²) in [4.78, 5) is 5.00. The lowest BCUT2D eigenvalue weighted by atomic mass is 10.0. The van der Waals surface area contributed by atoms with Crippen LogP contribution in [0.15, 0.2) is 42.5 Å². The number of nitrogens with zero attached hydrogens (tertiary/aromatic N) is 6. The fraction of sp³-hybridized carbons (Fsp3) is 0.458. The SMILES string of the molecule is COCCn1nnnc1C(c1ccc(C)cc1)N1CCN(c2cc(C)ccc2C)CC1.Cl. The standard InChI is InChI=1S/C24H32N6O.ClH/c1-18-6-9-21(10-7-18)23(24-25-26-27-30(24)15-16-31-4)29-13-11-28(12-14-29)22-17-19(2)5-8-20(22)3;/h5-10,17,23H,11-16H2,1-4H3;1H. The lowest BCUT2D eigenvalue weighted by Gasteiger charge is -2.40.